The largest absolute Gasteiger partial charge is 0.465 e. The zero-order valence-electron chi connectivity index (χ0n) is 9.00. The molecule has 0 bridgehead atoms. The lowest BCUT2D eigenvalue weighted by atomic mass is 10.0. The Labute approximate surface area is 99.6 Å². The van der Waals surface area contributed by atoms with Crippen molar-refractivity contribution in [3.8, 4) is 6.07 Å². The normalized spacial score (nSPS) is 9.56. The highest BCUT2D eigenvalue weighted by atomic mass is 35.5. The number of carbonyl (C=O) groups excluding carboxylic acids is 1. The second-order valence-corrected chi connectivity index (χ2v) is 3.59. The van der Waals surface area contributed by atoms with Crippen LogP contribution in [0.5, 0.6) is 0 Å². The summed E-state index contributed by atoms with van der Waals surface area (Å²) in [5, 5.41) is 8.51. The summed E-state index contributed by atoms with van der Waals surface area (Å²) in [6.07, 6.45) is 1.04. The molecule has 4 heteroatoms. The van der Waals surface area contributed by atoms with Crippen molar-refractivity contribution in [2.24, 2.45) is 0 Å². The van der Waals surface area contributed by atoms with Gasteiger partial charge in [0, 0.05) is 12.3 Å². The fourth-order valence-electron chi connectivity index (χ4n) is 1.42. The van der Waals surface area contributed by atoms with Crippen molar-refractivity contribution in [1.82, 2.24) is 0 Å². The van der Waals surface area contributed by atoms with Crippen molar-refractivity contribution in [3.05, 3.63) is 34.9 Å². The first-order valence-corrected chi connectivity index (χ1v) is 5.38. The van der Waals surface area contributed by atoms with Gasteiger partial charge in [0.2, 0.25) is 0 Å². The standard InChI is InChI=1S/C12H12ClNO2/c1-16-12(15)11-6-9(3-2-4-14)5-10(7-11)8-13/h5-7H,2-3,8H2,1H3. The Kier molecular flexibility index (Phi) is 4.81. The number of rotatable bonds is 4. The Morgan fingerprint density at radius 1 is 1.44 bits per heavy atom. The van der Waals surface area contributed by atoms with Crippen LogP contribution in [0.2, 0.25) is 0 Å². The summed E-state index contributed by atoms with van der Waals surface area (Å²) in [6, 6.07) is 7.41. The number of nitriles is 1. The zero-order valence-corrected chi connectivity index (χ0v) is 9.75. The Morgan fingerprint density at radius 3 is 2.69 bits per heavy atom. The van der Waals surface area contributed by atoms with Crippen LogP contribution in [-0.4, -0.2) is 13.1 Å². The van der Waals surface area contributed by atoms with Gasteiger partial charge in [0.1, 0.15) is 0 Å². The van der Waals surface area contributed by atoms with Crippen molar-refractivity contribution in [2.45, 2.75) is 18.7 Å². The van der Waals surface area contributed by atoms with Gasteiger partial charge in [-0.15, -0.1) is 11.6 Å². The van der Waals surface area contributed by atoms with Gasteiger partial charge in [-0.05, 0) is 29.7 Å². The molecule has 3 nitrogen and oxygen atoms in total. The van der Waals surface area contributed by atoms with Gasteiger partial charge in [0.05, 0.1) is 18.7 Å². The maximum Gasteiger partial charge on any atom is 0.337 e. The van der Waals surface area contributed by atoms with Crippen molar-refractivity contribution in [3.63, 3.8) is 0 Å². The lowest BCUT2D eigenvalue weighted by Crippen LogP contribution is -2.03. The maximum atomic E-state index is 11.4. The topological polar surface area (TPSA) is 50.1 Å². The molecule has 84 valence electrons. The van der Waals surface area contributed by atoms with Gasteiger partial charge >= 0.3 is 5.97 Å². The minimum atomic E-state index is -0.384. The Morgan fingerprint density at radius 2 is 2.12 bits per heavy atom. The van der Waals surface area contributed by atoms with E-state index in [0.717, 1.165) is 11.1 Å². The van der Waals surface area contributed by atoms with Crippen LogP contribution >= 0.6 is 11.6 Å². The number of alkyl halides is 1. The number of benzene rings is 1. The lowest BCUT2D eigenvalue weighted by molar-refractivity contribution is 0.0600. The van der Waals surface area contributed by atoms with Crippen molar-refractivity contribution in [1.29, 1.82) is 5.26 Å². The number of ether oxygens (including phenoxy) is 1. The third-order valence-corrected chi connectivity index (χ3v) is 2.46. The molecule has 0 heterocycles. The Hall–Kier alpha value is -1.53. The first-order valence-electron chi connectivity index (χ1n) is 4.85. The minimum Gasteiger partial charge on any atom is -0.465 e. The van der Waals surface area contributed by atoms with Crippen LogP contribution < -0.4 is 0 Å². The third-order valence-electron chi connectivity index (χ3n) is 2.15. The summed E-state index contributed by atoms with van der Waals surface area (Å²) in [4.78, 5) is 11.4. The SMILES string of the molecule is COC(=O)c1cc(CCl)cc(CCC#N)c1. The highest BCUT2D eigenvalue weighted by Crippen LogP contribution is 2.14. The molecule has 0 atom stereocenters. The van der Waals surface area contributed by atoms with E-state index < -0.39 is 0 Å². The number of carbonyl (C=O) groups is 1. The van der Waals surface area contributed by atoms with Crippen molar-refractivity contribution < 1.29 is 9.53 Å². The van der Waals surface area contributed by atoms with E-state index in [-0.39, 0.29) is 5.97 Å². The first-order chi connectivity index (χ1) is 7.71. The molecule has 0 saturated heterocycles. The van der Waals surface area contributed by atoms with Crippen molar-refractivity contribution in [2.75, 3.05) is 7.11 Å². The maximum absolute atomic E-state index is 11.4. The van der Waals surface area contributed by atoms with Gasteiger partial charge in [0.15, 0.2) is 0 Å². The molecule has 16 heavy (non-hydrogen) atoms. The van der Waals surface area contributed by atoms with Gasteiger partial charge in [-0.1, -0.05) is 6.07 Å². The molecule has 0 spiro atoms. The molecule has 0 aliphatic rings. The third kappa shape index (κ3) is 3.25. The van der Waals surface area contributed by atoms with E-state index >= 15 is 0 Å². The number of hydrogen-bond donors (Lipinski definition) is 0. The summed E-state index contributed by atoms with van der Waals surface area (Å²) in [6.45, 7) is 0. The van der Waals surface area contributed by atoms with Crippen molar-refractivity contribution >= 4 is 17.6 Å². The molecular formula is C12H12ClNO2. The molecule has 0 amide bonds. The Balaban J connectivity index is 3.01. The number of hydrogen-bond acceptors (Lipinski definition) is 3. The predicted octanol–water partition coefficient (Wildman–Crippen LogP) is 2.67. The molecule has 0 radical (unpaired) electrons. The van der Waals surface area contributed by atoms with Gasteiger partial charge in [-0.25, -0.2) is 4.79 Å². The van der Waals surface area contributed by atoms with Crippen LogP contribution in [0.4, 0.5) is 0 Å². The summed E-state index contributed by atoms with van der Waals surface area (Å²) >= 11 is 5.74. The molecule has 1 rings (SSSR count). The molecule has 0 saturated carbocycles. The number of esters is 1. The second-order valence-electron chi connectivity index (χ2n) is 3.32. The number of nitrogens with zero attached hydrogens (tertiary/aromatic N) is 1. The zero-order chi connectivity index (χ0) is 12.0. The fourth-order valence-corrected chi connectivity index (χ4v) is 1.57. The van der Waals surface area contributed by atoms with Crippen LogP contribution in [-0.2, 0) is 17.0 Å². The molecule has 0 fully saturated rings. The van der Waals surface area contributed by atoms with E-state index in [0.29, 0.717) is 24.3 Å². The van der Waals surface area contributed by atoms with Crippen LogP contribution in [0.3, 0.4) is 0 Å². The van der Waals surface area contributed by atoms with Crippen LogP contribution in [0, 0.1) is 11.3 Å². The molecule has 0 aliphatic carbocycles. The second kappa shape index (κ2) is 6.14. The van der Waals surface area contributed by atoms with Gasteiger partial charge in [-0.2, -0.15) is 5.26 Å². The lowest BCUT2D eigenvalue weighted by Gasteiger charge is -2.05. The average molecular weight is 238 g/mol. The predicted molar refractivity (Wildman–Crippen MR) is 61.3 cm³/mol. The highest BCUT2D eigenvalue weighted by Gasteiger charge is 2.08. The van der Waals surface area contributed by atoms with Crippen LogP contribution in [0.15, 0.2) is 18.2 Å². The molecule has 0 aromatic heterocycles. The highest BCUT2D eigenvalue weighted by molar-refractivity contribution is 6.17. The molecular weight excluding hydrogens is 226 g/mol. The first kappa shape index (κ1) is 12.5. The van der Waals surface area contributed by atoms with Gasteiger partial charge < -0.3 is 4.74 Å². The van der Waals surface area contributed by atoms with E-state index in [1.54, 1.807) is 12.1 Å². The van der Waals surface area contributed by atoms with E-state index in [4.69, 9.17) is 16.9 Å². The average Bonchev–Trinajstić information content (AvgIpc) is 2.34. The van der Waals surface area contributed by atoms with Crippen LogP contribution in [0.25, 0.3) is 0 Å². The number of methoxy groups -OCH3 is 1. The van der Waals surface area contributed by atoms with E-state index in [9.17, 15) is 4.79 Å². The van der Waals surface area contributed by atoms with E-state index in [2.05, 4.69) is 10.8 Å². The fraction of sp³-hybridized carbons (Fsp3) is 0.333. The van der Waals surface area contributed by atoms with Gasteiger partial charge in [0.25, 0.3) is 0 Å². The quantitative estimate of drug-likeness (QED) is 0.598. The molecule has 1 aromatic rings. The van der Waals surface area contributed by atoms with E-state index in [1.165, 1.54) is 7.11 Å². The molecule has 0 N–H and O–H groups in total. The summed E-state index contributed by atoms with van der Waals surface area (Å²) < 4.78 is 4.65. The number of aryl methyl sites for hydroxylation is 1. The van der Waals surface area contributed by atoms with Crippen LogP contribution in [0.1, 0.15) is 27.9 Å². The smallest absolute Gasteiger partial charge is 0.337 e. The molecule has 0 aliphatic heterocycles. The summed E-state index contributed by atoms with van der Waals surface area (Å²) in [5.41, 5.74) is 2.27. The molecule has 1 aromatic carbocycles. The monoisotopic (exact) mass is 237 g/mol. The minimum absolute atomic E-state index is 0.338. The number of halogens is 1. The summed E-state index contributed by atoms with van der Waals surface area (Å²) in [5.74, 6) is -0.0464. The molecule has 0 unspecified atom stereocenters. The summed E-state index contributed by atoms with van der Waals surface area (Å²) in [7, 11) is 1.34. The van der Waals surface area contributed by atoms with E-state index in [1.807, 2.05) is 6.07 Å². The van der Waals surface area contributed by atoms with Gasteiger partial charge in [-0.3, -0.25) is 0 Å². The Bertz CT molecular complexity index is 424.